The minimum Gasteiger partial charge on any atom is -0.495 e. The predicted octanol–water partition coefficient (Wildman–Crippen LogP) is 2.24. The number of rotatable bonds is 5. The lowest BCUT2D eigenvalue weighted by molar-refractivity contribution is -0.117. The molecule has 1 amide bonds. The fraction of sp³-hybridized carbons (Fsp3) is 0.176. The molecule has 0 spiro atoms. The number of carbonyl (C=O) groups is 1. The van der Waals surface area contributed by atoms with Crippen LogP contribution in [0.4, 0.5) is 15.8 Å². The van der Waals surface area contributed by atoms with Crippen molar-refractivity contribution in [2.24, 2.45) is 0 Å². The normalized spacial score (nSPS) is 17.0. The summed E-state index contributed by atoms with van der Waals surface area (Å²) < 4.78 is 45.8. The van der Waals surface area contributed by atoms with E-state index in [1.807, 2.05) is 0 Å². The molecule has 0 bridgehead atoms. The fourth-order valence-electron chi connectivity index (χ4n) is 2.58. The van der Waals surface area contributed by atoms with Crippen LogP contribution in [0, 0.1) is 5.82 Å². The molecule has 1 heterocycles. The molecule has 0 aromatic heterocycles. The first-order valence-corrected chi connectivity index (χ1v) is 9.73. The number of methoxy groups -OCH3 is 1. The second-order valence-electron chi connectivity index (χ2n) is 5.79. The topological polar surface area (TPSA) is 87.7 Å². The summed E-state index contributed by atoms with van der Waals surface area (Å²) in [6.45, 7) is 1.68. The molecule has 2 aromatic carbocycles. The first-order chi connectivity index (χ1) is 12.7. The summed E-state index contributed by atoms with van der Waals surface area (Å²) in [5.74, 6) is -0.545. The molecular formula is C17H16FN3O4S2. The van der Waals surface area contributed by atoms with Gasteiger partial charge in [0.1, 0.15) is 17.6 Å². The van der Waals surface area contributed by atoms with E-state index in [1.165, 1.54) is 24.1 Å². The van der Waals surface area contributed by atoms with E-state index in [0.29, 0.717) is 5.69 Å². The molecule has 1 aliphatic heterocycles. The Labute approximate surface area is 161 Å². The average Bonchev–Trinajstić information content (AvgIpc) is 2.87. The maximum absolute atomic E-state index is 13.1. The zero-order valence-electron chi connectivity index (χ0n) is 14.4. The number of sulfonamides is 1. The minimum atomic E-state index is -3.99. The van der Waals surface area contributed by atoms with E-state index >= 15 is 0 Å². The number of halogens is 1. The molecule has 2 aromatic rings. The summed E-state index contributed by atoms with van der Waals surface area (Å²) in [5, 5.41) is 3.07. The van der Waals surface area contributed by atoms with E-state index in [2.05, 4.69) is 10.0 Å². The van der Waals surface area contributed by atoms with Gasteiger partial charge in [-0.1, -0.05) is 0 Å². The second kappa shape index (κ2) is 7.12. The molecule has 2 N–H and O–H groups in total. The third kappa shape index (κ3) is 3.71. The number of hydrogen-bond donors (Lipinski definition) is 2. The summed E-state index contributed by atoms with van der Waals surface area (Å²) >= 11 is 5.17. The molecular weight excluding hydrogens is 393 g/mol. The van der Waals surface area contributed by atoms with Crippen molar-refractivity contribution in [3.05, 3.63) is 48.3 Å². The Morgan fingerprint density at radius 2 is 1.89 bits per heavy atom. The zero-order valence-corrected chi connectivity index (χ0v) is 16.0. The maximum atomic E-state index is 13.1. The van der Waals surface area contributed by atoms with Crippen molar-refractivity contribution in [2.75, 3.05) is 16.7 Å². The fourth-order valence-corrected chi connectivity index (χ4v) is 4.02. The Bertz CT molecular complexity index is 1010. The summed E-state index contributed by atoms with van der Waals surface area (Å²) in [6, 6.07) is 8.50. The largest absolute Gasteiger partial charge is 0.495 e. The lowest BCUT2D eigenvalue weighted by atomic mass is 10.2. The van der Waals surface area contributed by atoms with Crippen LogP contribution in [0.2, 0.25) is 0 Å². The molecule has 142 valence electrons. The van der Waals surface area contributed by atoms with Crippen LogP contribution in [-0.2, 0) is 14.8 Å². The highest BCUT2D eigenvalue weighted by Gasteiger charge is 2.33. The summed E-state index contributed by atoms with van der Waals surface area (Å²) in [5.41, 5.74) is 0.508. The third-order valence-electron chi connectivity index (χ3n) is 3.94. The quantitative estimate of drug-likeness (QED) is 0.737. The highest BCUT2D eigenvalue weighted by molar-refractivity contribution is 7.92. The molecule has 1 fully saturated rings. The third-order valence-corrected chi connectivity index (χ3v) is 5.63. The number of ether oxygens (including phenoxy) is 1. The van der Waals surface area contributed by atoms with Crippen molar-refractivity contribution in [2.45, 2.75) is 17.9 Å². The van der Waals surface area contributed by atoms with Gasteiger partial charge in [0.15, 0.2) is 5.11 Å². The summed E-state index contributed by atoms with van der Waals surface area (Å²) in [4.78, 5) is 13.5. The number of nitrogens with one attached hydrogen (secondary N) is 2. The van der Waals surface area contributed by atoms with E-state index in [0.717, 1.165) is 24.3 Å². The summed E-state index contributed by atoms with van der Waals surface area (Å²) in [7, 11) is -2.60. The molecule has 1 saturated heterocycles. The number of amides is 1. The van der Waals surface area contributed by atoms with Crippen LogP contribution >= 0.6 is 12.2 Å². The monoisotopic (exact) mass is 409 g/mol. The highest BCUT2D eigenvalue weighted by atomic mass is 32.2. The highest BCUT2D eigenvalue weighted by Crippen LogP contribution is 2.32. The van der Waals surface area contributed by atoms with Gasteiger partial charge in [0.05, 0.1) is 23.4 Å². The van der Waals surface area contributed by atoms with Gasteiger partial charge in [0.2, 0.25) is 0 Å². The van der Waals surface area contributed by atoms with E-state index in [4.69, 9.17) is 17.0 Å². The predicted molar refractivity (Wildman–Crippen MR) is 103 cm³/mol. The van der Waals surface area contributed by atoms with Crippen molar-refractivity contribution < 1.29 is 22.3 Å². The Balaban J connectivity index is 1.98. The first kappa shape index (κ1) is 19.1. The molecule has 27 heavy (non-hydrogen) atoms. The Hall–Kier alpha value is -2.72. The molecule has 1 aliphatic rings. The van der Waals surface area contributed by atoms with Crippen LogP contribution in [0.25, 0.3) is 0 Å². The first-order valence-electron chi connectivity index (χ1n) is 7.84. The Kier molecular flexibility index (Phi) is 5.03. The van der Waals surface area contributed by atoms with Crippen LogP contribution in [0.15, 0.2) is 47.4 Å². The van der Waals surface area contributed by atoms with Crippen molar-refractivity contribution in [1.29, 1.82) is 0 Å². The van der Waals surface area contributed by atoms with Crippen LogP contribution < -0.4 is 19.7 Å². The molecule has 1 atom stereocenters. The van der Waals surface area contributed by atoms with Crippen LogP contribution in [0.5, 0.6) is 5.75 Å². The van der Waals surface area contributed by atoms with Gasteiger partial charge in [0, 0.05) is 0 Å². The lowest BCUT2D eigenvalue weighted by Gasteiger charge is -2.18. The number of anilines is 2. The molecule has 7 nitrogen and oxygen atoms in total. The van der Waals surface area contributed by atoms with Gasteiger partial charge in [-0.3, -0.25) is 14.4 Å². The molecule has 3 rings (SSSR count). The molecule has 0 saturated carbocycles. The standard InChI is InChI=1S/C17H16FN3O4S2/c1-10-16(22)21(17(26)19-10)12-5-8-15(25-2)14(9-12)20-27(23,24)13-6-3-11(18)4-7-13/h3-10,20H,1-2H3,(H,19,26)/t10-/m1/s1. The Morgan fingerprint density at radius 3 is 2.44 bits per heavy atom. The molecule has 0 unspecified atom stereocenters. The zero-order chi connectivity index (χ0) is 19.8. The number of nitrogens with zero attached hydrogens (tertiary/aromatic N) is 1. The second-order valence-corrected chi connectivity index (χ2v) is 7.86. The van der Waals surface area contributed by atoms with Crippen molar-refractivity contribution >= 4 is 44.6 Å². The minimum absolute atomic E-state index is 0.112. The van der Waals surface area contributed by atoms with Gasteiger partial charge < -0.3 is 10.1 Å². The molecule has 10 heteroatoms. The molecule has 0 radical (unpaired) electrons. The van der Waals surface area contributed by atoms with Gasteiger partial charge in [-0.2, -0.15) is 0 Å². The van der Waals surface area contributed by atoms with Gasteiger partial charge >= 0.3 is 0 Å². The van der Waals surface area contributed by atoms with E-state index in [9.17, 15) is 17.6 Å². The average molecular weight is 409 g/mol. The smallest absolute Gasteiger partial charge is 0.262 e. The van der Waals surface area contributed by atoms with Crippen LogP contribution in [0.1, 0.15) is 6.92 Å². The van der Waals surface area contributed by atoms with Crippen molar-refractivity contribution in [3.63, 3.8) is 0 Å². The SMILES string of the molecule is COc1ccc(N2C(=O)[C@@H](C)NC2=S)cc1NS(=O)(=O)c1ccc(F)cc1. The number of thiocarbonyl (C=S) groups is 1. The van der Waals surface area contributed by atoms with Crippen molar-refractivity contribution in [3.8, 4) is 5.75 Å². The van der Waals surface area contributed by atoms with E-state index in [-0.39, 0.29) is 27.4 Å². The number of carbonyl (C=O) groups excluding carboxylic acids is 1. The number of benzene rings is 2. The van der Waals surface area contributed by atoms with E-state index < -0.39 is 21.9 Å². The number of hydrogen-bond acceptors (Lipinski definition) is 5. The van der Waals surface area contributed by atoms with Crippen molar-refractivity contribution in [1.82, 2.24) is 5.32 Å². The van der Waals surface area contributed by atoms with E-state index in [1.54, 1.807) is 13.0 Å². The Morgan fingerprint density at radius 1 is 1.22 bits per heavy atom. The summed E-state index contributed by atoms with van der Waals surface area (Å²) in [6.07, 6.45) is 0. The van der Waals surface area contributed by atoms with Gasteiger partial charge in [-0.15, -0.1) is 0 Å². The van der Waals surface area contributed by atoms with Crippen LogP contribution in [0.3, 0.4) is 0 Å². The maximum Gasteiger partial charge on any atom is 0.262 e. The van der Waals surface area contributed by atoms with Crippen LogP contribution in [-0.4, -0.2) is 32.6 Å². The van der Waals surface area contributed by atoms with Gasteiger partial charge in [-0.25, -0.2) is 12.8 Å². The van der Waals surface area contributed by atoms with Gasteiger partial charge in [0.25, 0.3) is 15.9 Å². The lowest BCUT2D eigenvalue weighted by Crippen LogP contribution is -2.30. The molecule has 0 aliphatic carbocycles. The van der Waals surface area contributed by atoms with Gasteiger partial charge in [-0.05, 0) is 61.6 Å².